The average molecular weight is 204 g/mol. The quantitative estimate of drug-likeness (QED) is 0.702. The maximum atomic E-state index is 5.45. The van der Waals surface area contributed by atoms with E-state index in [2.05, 4.69) is 6.58 Å². The molecule has 0 saturated heterocycles. The fraction of sp³-hybridized carbons (Fsp3) is 0.333. The lowest BCUT2D eigenvalue weighted by atomic mass is 10.1. The Morgan fingerprint density at radius 1 is 1.20 bits per heavy atom. The molecule has 1 aromatic rings. The van der Waals surface area contributed by atoms with Gasteiger partial charge in [-0.1, -0.05) is 24.8 Å². The van der Waals surface area contributed by atoms with Crippen molar-refractivity contribution in [1.82, 2.24) is 0 Å². The molecule has 2 nitrogen and oxygen atoms in total. The first kappa shape index (κ1) is 11.9. The highest BCUT2D eigenvalue weighted by Crippen LogP contribution is 2.13. The van der Waals surface area contributed by atoms with Gasteiger partial charge in [0.2, 0.25) is 0 Å². The van der Waals surface area contributed by atoms with E-state index in [0.29, 0.717) is 0 Å². The first-order chi connectivity index (χ1) is 7.01. The molecule has 0 fully saturated rings. The van der Waals surface area contributed by atoms with E-state index in [0.717, 1.165) is 11.3 Å². The van der Waals surface area contributed by atoms with Crippen LogP contribution in [0.15, 0.2) is 30.8 Å². The Morgan fingerprint density at radius 3 is 2.27 bits per heavy atom. The van der Waals surface area contributed by atoms with Gasteiger partial charge in [-0.3, -0.25) is 0 Å². The minimum absolute atomic E-state index is 0.166. The van der Waals surface area contributed by atoms with Crippen LogP contribution in [-0.4, -0.2) is 13.3 Å². The van der Waals surface area contributed by atoms with Crippen molar-refractivity contribution >= 4 is 13.8 Å². The van der Waals surface area contributed by atoms with Gasteiger partial charge >= 0.3 is 7.69 Å². The van der Waals surface area contributed by atoms with Crippen molar-refractivity contribution in [2.45, 2.75) is 26.4 Å². The maximum absolute atomic E-state index is 5.45. The summed E-state index contributed by atoms with van der Waals surface area (Å²) >= 11 is 0. The largest absolute Gasteiger partial charge is 0.539 e. The van der Waals surface area contributed by atoms with E-state index in [-0.39, 0.29) is 13.3 Å². The zero-order valence-electron chi connectivity index (χ0n) is 9.62. The molecule has 0 aliphatic rings. The normalized spacial score (nSPS) is 10.9. The van der Waals surface area contributed by atoms with Crippen molar-refractivity contribution in [1.29, 1.82) is 0 Å². The van der Waals surface area contributed by atoms with Crippen molar-refractivity contribution < 1.29 is 9.31 Å². The molecule has 1 rings (SSSR count). The summed E-state index contributed by atoms with van der Waals surface area (Å²) in [4.78, 5) is 0. The lowest BCUT2D eigenvalue weighted by molar-refractivity contribution is 0.118. The van der Waals surface area contributed by atoms with Crippen LogP contribution < -0.4 is 4.65 Å². The summed E-state index contributed by atoms with van der Waals surface area (Å²) in [6.07, 6.45) is 1.80. The molecule has 1 aromatic carbocycles. The standard InChI is InChI=1S/C12H17BO2/c1-5-10-6-8-11(9-7-10)14-13-15-12(2,3)4/h5-9,13H,1H2,2-4H3. The zero-order valence-corrected chi connectivity index (χ0v) is 9.62. The first-order valence-corrected chi connectivity index (χ1v) is 5.00. The third-order valence-corrected chi connectivity index (χ3v) is 1.83. The van der Waals surface area contributed by atoms with Gasteiger partial charge in [-0.15, -0.1) is 0 Å². The van der Waals surface area contributed by atoms with E-state index in [1.54, 1.807) is 6.08 Å². The number of hydrogen-bond donors (Lipinski definition) is 0. The molecular weight excluding hydrogens is 187 g/mol. The number of rotatable bonds is 4. The lowest BCUT2D eigenvalue weighted by Gasteiger charge is -2.19. The number of benzene rings is 1. The van der Waals surface area contributed by atoms with Crippen LogP contribution in [0, 0.1) is 0 Å². The summed E-state index contributed by atoms with van der Waals surface area (Å²) < 4.78 is 10.9. The maximum Gasteiger partial charge on any atom is 0.507 e. The van der Waals surface area contributed by atoms with Crippen LogP contribution in [0.4, 0.5) is 0 Å². The Kier molecular flexibility index (Phi) is 3.98. The summed E-state index contributed by atoms with van der Waals surface area (Å²) in [7, 11) is 0.275. The van der Waals surface area contributed by atoms with E-state index in [4.69, 9.17) is 9.31 Å². The third-order valence-electron chi connectivity index (χ3n) is 1.83. The van der Waals surface area contributed by atoms with E-state index < -0.39 is 0 Å². The molecule has 0 atom stereocenters. The van der Waals surface area contributed by atoms with Gasteiger partial charge in [0.05, 0.1) is 0 Å². The van der Waals surface area contributed by atoms with E-state index in [1.165, 1.54) is 0 Å². The molecule has 3 heteroatoms. The van der Waals surface area contributed by atoms with E-state index in [9.17, 15) is 0 Å². The Labute approximate surface area is 92.2 Å². The molecule has 0 heterocycles. The van der Waals surface area contributed by atoms with Gasteiger partial charge in [0, 0.05) is 5.60 Å². The van der Waals surface area contributed by atoms with Gasteiger partial charge in [-0.2, -0.15) is 0 Å². The molecule has 0 unspecified atom stereocenters. The van der Waals surface area contributed by atoms with E-state index in [1.807, 2.05) is 45.0 Å². The zero-order chi connectivity index (χ0) is 11.3. The van der Waals surface area contributed by atoms with Crippen LogP contribution in [0.2, 0.25) is 0 Å². The molecule has 0 aliphatic carbocycles. The highest BCUT2D eigenvalue weighted by atomic mass is 16.6. The van der Waals surface area contributed by atoms with Crippen LogP contribution in [0.1, 0.15) is 26.3 Å². The van der Waals surface area contributed by atoms with Gasteiger partial charge in [-0.25, -0.2) is 0 Å². The van der Waals surface area contributed by atoms with Crippen molar-refractivity contribution in [2.75, 3.05) is 0 Å². The second-order valence-electron chi connectivity index (χ2n) is 4.29. The molecule has 0 saturated carbocycles. The van der Waals surface area contributed by atoms with Crippen LogP contribution in [0.25, 0.3) is 6.08 Å². The highest BCUT2D eigenvalue weighted by Gasteiger charge is 2.11. The molecule has 0 radical (unpaired) electrons. The van der Waals surface area contributed by atoms with Crippen molar-refractivity contribution in [3.05, 3.63) is 36.4 Å². The second kappa shape index (κ2) is 5.03. The van der Waals surface area contributed by atoms with E-state index >= 15 is 0 Å². The van der Waals surface area contributed by atoms with Gasteiger partial charge < -0.3 is 9.31 Å². The Hall–Kier alpha value is -1.22. The monoisotopic (exact) mass is 204 g/mol. The molecule has 15 heavy (non-hydrogen) atoms. The third kappa shape index (κ3) is 4.70. The van der Waals surface area contributed by atoms with Crippen LogP contribution in [0.3, 0.4) is 0 Å². The molecular formula is C12H17BO2. The SMILES string of the molecule is C=Cc1ccc(OBOC(C)(C)C)cc1. The first-order valence-electron chi connectivity index (χ1n) is 5.00. The number of hydrogen-bond acceptors (Lipinski definition) is 2. The topological polar surface area (TPSA) is 18.5 Å². The van der Waals surface area contributed by atoms with Gasteiger partial charge in [0.1, 0.15) is 5.75 Å². The molecule has 80 valence electrons. The predicted octanol–water partition coefficient (Wildman–Crippen LogP) is 2.79. The molecule has 0 bridgehead atoms. The minimum atomic E-state index is -0.166. The summed E-state index contributed by atoms with van der Waals surface area (Å²) in [5.74, 6) is 0.810. The Morgan fingerprint density at radius 2 is 1.80 bits per heavy atom. The van der Waals surface area contributed by atoms with Crippen molar-refractivity contribution in [3.8, 4) is 5.75 Å². The highest BCUT2D eigenvalue weighted by molar-refractivity contribution is 6.19. The fourth-order valence-electron chi connectivity index (χ4n) is 0.974. The van der Waals surface area contributed by atoms with Crippen LogP contribution in [-0.2, 0) is 4.65 Å². The summed E-state index contributed by atoms with van der Waals surface area (Å²) in [5.41, 5.74) is 0.917. The fourth-order valence-corrected chi connectivity index (χ4v) is 0.974. The summed E-state index contributed by atoms with van der Waals surface area (Å²) in [5, 5.41) is 0. The summed E-state index contributed by atoms with van der Waals surface area (Å²) in [6, 6.07) is 7.73. The predicted molar refractivity (Wildman–Crippen MR) is 65.1 cm³/mol. The molecule has 0 aliphatic heterocycles. The summed E-state index contributed by atoms with van der Waals surface area (Å²) in [6.45, 7) is 9.68. The molecule has 0 N–H and O–H groups in total. The van der Waals surface area contributed by atoms with Gasteiger partial charge in [0.15, 0.2) is 0 Å². The Balaban J connectivity index is 2.41. The van der Waals surface area contributed by atoms with Gasteiger partial charge in [0.25, 0.3) is 0 Å². The van der Waals surface area contributed by atoms with Gasteiger partial charge in [-0.05, 0) is 38.5 Å². The van der Waals surface area contributed by atoms with Crippen molar-refractivity contribution in [3.63, 3.8) is 0 Å². The molecule has 0 aromatic heterocycles. The Bertz CT molecular complexity index is 311. The van der Waals surface area contributed by atoms with Crippen LogP contribution in [0.5, 0.6) is 5.75 Å². The lowest BCUT2D eigenvalue weighted by Crippen LogP contribution is -2.24. The molecule has 0 spiro atoms. The van der Waals surface area contributed by atoms with Crippen LogP contribution >= 0.6 is 0 Å². The smallest absolute Gasteiger partial charge is 0.507 e. The molecule has 0 amide bonds. The minimum Gasteiger partial charge on any atom is -0.539 e. The average Bonchev–Trinajstić information content (AvgIpc) is 2.17. The second-order valence-corrected chi connectivity index (χ2v) is 4.29. The van der Waals surface area contributed by atoms with Crippen molar-refractivity contribution in [2.24, 2.45) is 0 Å².